The molecule has 6 nitrogen and oxygen atoms in total. The van der Waals surface area contributed by atoms with Crippen LogP contribution in [0.4, 0.5) is 20.2 Å². The SMILES string of the molecule is O=[N+]([O-])c1ccc(F)c([I+]c2cc([N+](=O)[O-])ccc2F)c1. The Kier molecular flexibility index (Phi) is 4.40. The topological polar surface area (TPSA) is 86.3 Å². The van der Waals surface area contributed by atoms with E-state index in [0.717, 1.165) is 36.4 Å². The average molecular weight is 407 g/mol. The maximum atomic E-state index is 13.7. The van der Waals surface area contributed by atoms with Gasteiger partial charge in [-0.1, -0.05) is 0 Å². The Labute approximate surface area is 127 Å². The molecule has 0 unspecified atom stereocenters. The maximum absolute atomic E-state index is 13.7. The second kappa shape index (κ2) is 6.08. The Morgan fingerprint density at radius 2 is 1.19 bits per heavy atom. The summed E-state index contributed by atoms with van der Waals surface area (Å²) in [6.07, 6.45) is 0. The number of hydrogen-bond donors (Lipinski definition) is 0. The summed E-state index contributed by atoms with van der Waals surface area (Å²) in [5.74, 6) is -1.39. The van der Waals surface area contributed by atoms with Crippen LogP contribution >= 0.6 is 0 Å². The summed E-state index contributed by atoms with van der Waals surface area (Å²) in [5.41, 5.74) is -0.617. The number of halogens is 3. The molecule has 2 aromatic carbocycles. The van der Waals surface area contributed by atoms with Gasteiger partial charge in [-0.3, -0.25) is 20.2 Å². The molecule has 108 valence electrons. The molecule has 0 radical (unpaired) electrons. The van der Waals surface area contributed by atoms with Gasteiger partial charge in [0.15, 0.2) is 11.6 Å². The highest BCUT2D eigenvalue weighted by molar-refractivity contribution is 5.30. The minimum Gasteiger partial charge on any atom is -0.258 e. The molecule has 2 rings (SSSR count). The van der Waals surface area contributed by atoms with E-state index in [4.69, 9.17) is 0 Å². The monoisotopic (exact) mass is 407 g/mol. The van der Waals surface area contributed by atoms with Gasteiger partial charge in [0.1, 0.15) is 0 Å². The predicted octanol–water partition coefficient (Wildman–Crippen LogP) is -0.0904. The van der Waals surface area contributed by atoms with Gasteiger partial charge in [0.05, 0.1) is 22.0 Å². The van der Waals surface area contributed by atoms with Crippen LogP contribution in [0, 0.1) is 39.0 Å². The van der Waals surface area contributed by atoms with Gasteiger partial charge in [-0.15, -0.1) is 0 Å². The number of nitro groups is 2. The lowest BCUT2D eigenvalue weighted by molar-refractivity contribution is -0.604. The first-order valence-corrected chi connectivity index (χ1v) is 7.57. The molecule has 0 aliphatic rings. The standard InChI is InChI=1S/C12H6F2IN2O4/c13-9-3-1-7(16(18)19)5-11(9)15-12-6-8(17(20)21)2-4-10(12)14/h1-6H/q+1. The molecule has 0 aliphatic heterocycles. The van der Waals surface area contributed by atoms with Crippen LogP contribution in [0.5, 0.6) is 0 Å². The molecule has 0 amide bonds. The van der Waals surface area contributed by atoms with E-state index in [1.807, 2.05) is 0 Å². The number of nitrogens with zero attached hydrogens (tertiary/aromatic N) is 2. The van der Waals surface area contributed by atoms with Gasteiger partial charge in [0.25, 0.3) is 11.4 Å². The van der Waals surface area contributed by atoms with E-state index in [9.17, 15) is 29.0 Å². The van der Waals surface area contributed by atoms with Gasteiger partial charge in [0, 0.05) is 12.1 Å². The molecule has 0 fully saturated rings. The number of rotatable bonds is 4. The summed E-state index contributed by atoms with van der Waals surface area (Å²) in [7, 11) is 0. The zero-order chi connectivity index (χ0) is 15.6. The van der Waals surface area contributed by atoms with E-state index in [0.29, 0.717) is 0 Å². The summed E-state index contributed by atoms with van der Waals surface area (Å²) in [6, 6.07) is 5.94. The molecule has 21 heavy (non-hydrogen) atoms. The largest absolute Gasteiger partial charge is 0.364 e. The Hall–Kier alpha value is -2.17. The van der Waals surface area contributed by atoms with Crippen LogP contribution in [0.25, 0.3) is 0 Å². The fourth-order valence-electron chi connectivity index (χ4n) is 1.45. The summed E-state index contributed by atoms with van der Waals surface area (Å²) in [6.45, 7) is 0. The van der Waals surface area contributed by atoms with E-state index in [-0.39, 0.29) is 18.5 Å². The van der Waals surface area contributed by atoms with Gasteiger partial charge in [-0.25, -0.2) is 8.78 Å². The molecule has 0 heterocycles. The molecule has 0 aromatic heterocycles. The van der Waals surface area contributed by atoms with E-state index >= 15 is 0 Å². The van der Waals surface area contributed by atoms with Crippen molar-refractivity contribution in [2.45, 2.75) is 0 Å². The zero-order valence-electron chi connectivity index (χ0n) is 10.1. The highest BCUT2D eigenvalue weighted by Gasteiger charge is 2.28. The maximum Gasteiger partial charge on any atom is 0.364 e. The lowest BCUT2D eigenvalue weighted by Crippen LogP contribution is -3.62. The molecule has 0 aliphatic carbocycles. The van der Waals surface area contributed by atoms with Crippen molar-refractivity contribution in [3.8, 4) is 0 Å². The Morgan fingerprint density at radius 1 is 0.810 bits per heavy atom. The molecule has 0 bridgehead atoms. The molecular weight excluding hydrogens is 401 g/mol. The highest BCUT2D eigenvalue weighted by Crippen LogP contribution is 2.12. The summed E-state index contributed by atoms with van der Waals surface area (Å²) < 4.78 is 27.3. The summed E-state index contributed by atoms with van der Waals surface area (Å²) in [5, 5.41) is 21.3. The molecule has 0 saturated heterocycles. The Morgan fingerprint density at radius 3 is 1.52 bits per heavy atom. The number of nitro benzene ring substituents is 2. The van der Waals surface area contributed by atoms with E-state index in [1.54, 1.807) is 0 Å². The lowest BCUT2D eigenvalue weighted by Gasteiger charge is -1.94. The zero-order valence-corrected chi connectivity index (χ0v) is 12.3. The van der Waals surface area contributed by atoms with Crippen molar-refractivity contribution in [2.75, 3.05) is 0 Å². The summed E-state index contributed by atoms with van der Waals surface area (Å²) in [4.78, 5) is 20.0. The van der Waals surface area contributed by atoms with Crippen molar-refractivity contribution in [3.05, 3.63) is 75.4 Å². The predicted molar refractivity (Wildman–Crippen MR) is 63.5 cm³/mol. The van der Waals surface area contributed by atoms with Gasteiger partial charge in [-0.05, 0) is 12.1 Å². The van der Waals surface area contributed by atoms with Crippen LogP contribution in [0.15, 0.2) is 36.4 Å². The van der Waals surface area contributed by atoms with Crippen LogP contribution < -0.4 is 21.2 Å². The third kappa shape index (κ3) is 3.48. The van der Waals surface area contributed by atoms with Crippen molar-refractivity contribution < 1.29 is 39.8 Å². The third-order valence-electron chi connectivity index (χ3n) is 2.43. The average Bonchev–Trinajstić information content (AvgIpc) is 2.43. The van der Waals surface area contributed by atoms with Crippen LogP contribution in [0.2, 0.25) is 0 Å². The van der Waals surface area contributed by atoms with Gasteiger partial charge >= 0.3 is 21.2 Å². The summed E-state index contributed by atoms with van der Waals surface area (Å²) >= 11 is -1.46. The van der Waals surface area contributed by atoms with Crippen LogP contribution in [-0.2, 0) is 0 Å². The van der Waals surface area contributed by atoms with Crippen molar-refractivity contribution >= 4 is 11.4 Å². The fraction of sp³-hybridized carbons (Fsp3) is 0. The molecule has 0 spiro atoms. The molecule has 0 saturated carbocycles. The molecule has 0 N–H and O–H groups in total. The van der Waals surface area contributed by atoms with Crippen LogP contribution in [0.3, 0.4) is 0 Å². The normalized spacial score (nSPS) is 10.4. The van der Waals surface area contributed by atoms with E-state index < -0.39 is 42.7 Å². The first-order chi connectivity index (χ1) is 9.88. The smallest absolute Gasteiger partial charge is 0.258 e. The van der Waals surface area contributed by atoms with Crippen LogP contribution in [0.1, 0.15) is 0 Å². The first kappa shape index (κ1) is 15.2. The minimum atomic E-state index is -1.46. The van der Waals surface area contributed by atoms with E-state index in [1.165, 1.54) is 0 Å². The van der Waals surface area contributed by atoms with Crippen LogP contribution in [-0.4, -0.2) is 9.85 Å². The number of non-ortho nitro benzene ring substituents is 2. The van der Waals surface area contributed by atoms with Crippen molar-refractivity contribution in [1.29, 1.82) is 0 Å². The third-order valence-corrected chi connectivity index (χ3v) is 5.25. The number of benzene rings is 2. The van der Waals surface area contributed by atoms with Gasteiger partial charge in [-0.2, -0.15) is 0 Å². The van der Waals surface area contributed by atoms with Crippen molar-refractivity contribution in [2.24, 2.45) is 0 Å². The van der Waals surface area contributed by atoms with Crippen molar-refractivity contribution in [1.82, 2.24) is 0 Å². The fourth-order valence-corrected chi connectivity index (χ4v) is 3.90. The second-order valence-electron chi connectivity index (χ2n) is 3.81. The van der Waals surface area contributed by atoms with E-state index in [2.05, 4.69) is 0 Å². The van der Waals surface area contributed by atoms with Gasteiger partial charge < -0.3 is 0 Å². The first-order valence-electron chi connectivity index (χ1n) is 5.41. The minimum absolute atomic E-state index is 0.00222. The number of hydrogen-bond acceptors (Lipinski definition) is 4. The second-order valence-corrected chi connectivity index (χ2v) is 6.67. The molecule has 0 atom stereocenters. The highest BCUT2D eigenvalue weighted by atomic mass is 127. The molecule has 9 heteroatoms. The van der Waals surface area contributed by atoms with Gasteiger partial charge in [0.2, 0.25) is 7.14 Å². The quantitative estimate of drug-likeness (QED) is 0.403. The van der Waals surface area contributed by atoms with Crippen molar-refractivity contribution in [3.63, 3.8) is 0 Å². The molecule has 2 aromatic rings. The lowest BCUT2D eigenvalue weighted by atomic mass is 10.3. The Balaban J connectivity index is 2.42. The molecular formula is C12H6F2IN2O4+. The Bertz CT molecular complexity index is 678.